The summed E-state index contributed by atoms with van der Waals surface area (Å²) in [6.45, 7) is 2.23. The van der Waals surface area contributed by atoms with Crippen LogP contribution in [-0.4, -0.2) is 31.9 Å². The summed E-state index contributed by atoms with van der Waals surface area (Å²) < 4.78 is 45.8. The van der Waals surface area contributed by atoms with Crippen LogP contribution >= 0.6 is 0 Å². The molecule has 38 heavy (non-hydrogen) atoms. The lowest BCUT2D eigenvalue weighted by atomic mass is 9.86. The molecular formula is C28H22F3N5O2. The molecule has 0 atom stereocenters. The van der Waals surface area contributed by atoms with E-state index in [2.05, 4.69) is 16.0 Å². The Hall–Kier alpha value is -4.65. The lowest BCUT2D eigenvalue weighted by molar-refractivity contribution is -0.153. The standard InChI is InChI=1S/C28H22F3N5O2/c1-27(2,15-32)19-5-7-20(8-6-19)36-25-22-11-17(4-9-23(22)34-14-24(25)35(3)26(36)37)18-10-21(13-33-12-18)38-16-28(29,30)31/h4-14H,16H2,1-3H3. The number of nitriles is 1. The van der Waals surface area contributed by atoms with Gasteiger partial charge in [0.05, 0.1) is 46.1 Å². The van der Waals surface area contributed by atoms with Crippen molar-refractivity contribution in [3.05, 3.63) is 83.2 Å². The molecule has 0 aliphatic rings. The highest BCUT2D eigenvalue weighted by molar-refractivity contribution is 6.04. The number of pyridine rings is 2. The molecule has 0 aliphatic carbocycles. The molecule has 0 N–H and O–H groups in total. The molecule has 5 rings (SSSR count). The molecule has 0 radical (unpaired) electrons. The number of alkyl halides is 3. The Morgan fingerprint density at radius 1 is 1.00 bits per heavy atom. The second-order valence-electron chi connectivity index (χ2n) is 9.50. The first-order valence-electron chi connectivity index (χ1n) is 11.7. The summed E-state index contributed by atoms with van der Waals surface area (Å²) in [6, 6.07) is 16.4. The monoisotopic (exact) mass is 517 g/mol. The number of nitrogens with zero attached hydrogens (tertiary/aromatic N) is 5. The topological polar surface area (TPSA) is 85.7 Å². The van der Waals surface area contributed by atoms with Gasteiger partial charge in [-0.1, -0.05) is 18.2 Å². The lowest BCUT2D eigenvalue weighted by Gasteiger charge is -2.16. The van der Waals surface area contributed by atoms with Gasteiger partial charge in [-0.25, -0.2) is 4.79 Å². The minimum atomic E-state index is -4.46. The van der Waals surface area contributed by atoms with Crippen LogP contribution in [0.3, 0.4) is 0 Å². The van der Waals surface area contributed by atoms with E-state index in [1.807, 2.05) is 32.0 Å². The van der Waals surface area contributed by atoms with Crippen molar-refractivity contribution in [3.63, 3.8) is 0 Å². The first kappa shape index (κ1) is 25.0. The zero-order valence-electron chi connectivity index (χ0n) is 20.7. The average molecular weight is 518 g/mol. The normalized spacial score (nSPS) is 12.1. The largest absolute Gasteiger partial charge is 0.482 e. The molecule has 0 fully saturated rings. The van der Waals surface area contributed by atoms with Gasteiger partial charge < -0.3 is 4.74 Å². The van der Waals surface area contributed by atoms with Gasteiger partial charge in [-0.2, -0.15) is 18.4 Å². The van der Waals surface area contributed by atoms with Crippen molar-refractivity contribution < 1.29 is 17.9 Å². The molecular weight excluding hydrogens is 495 g/mol. The summed E-state index contributed by atoms with van der Waals surface area (Å²) in [5, 5.41) is 10.1. The molecule has 3 aromatic heterocycles. The SMILES string of the molecule is Cn1c(=O)n(-c2ccc(C(C)(C)C#N)cc2)c2c3cc(-c4cncc(OCC(F)(F)F)c4)ccc3ncc21. The minimum absolute atomic E-state index is 0.00624. The Bertz CT molecular complexity index is 1780. The number of benzene rings is 2. The third-order valence-electron chi connectivity index (χ3n) is 6.46. The van der Waals surface area contributed by atoms with Gasteiger partial charge in [-0.05, 0) is 55.3 Å². The van der Waals surface area contributed by atoms with Crippen molar-refractivity contribution in [1.29, 1.82) is 5.26 Å². The predicted molar refractivity (Wildman–Crippen MR) is 137 cm³/mol. The third-order valence-corrected chi connectivity index (χ3v) is 6.46. The van der Waals surface area contributed by atoms with Gasteiger partial charge in [-0.3, -0.25) is 19.1 Å². The van der Waals surface area contributed by atoms with Crippen molar-refractivity contribution in [2.45, 2.75) is 25.4 Å². The van der Waals surface area contributed by atoms with E-state index in [-0.39, 0.29) is 11.4 Å². The molecule has 5 aromatic rings. The fraction of sp³-hybridized carbons (Fsp3) is 0.214. The molecule has 7 nitrogen and oxygen atoms in total. The summed E-state index contributed by atoms with van der Waals surface area (Å²) in [6.07, 6.45) is -0.0730. The van der Waals surface area contributed by atoms with Crippen LogP contribution in [0, 0.1) is 11.3 Å². The van der Waals surface area contributed by atoms with E-state index in [0.29, 0.717) is 38.8 Å². The van der Waals surface area contributed by atoms with E-state index in [1.54, 1.807) is 42.1 Å². The zero-order chi connectivity index (χ0) is 27.2. The summed E-state index contributed by atoms with van der Waals surface area (Å²) >= 11 is 0. The second-order valence-corrected chi connectivity index (χ2v) is 9.50. The summed E-state index contributed by atoms with van der Waals surface area (Å²) in [4.78, 5) is 21.9. The number of imidazole rings is 1. The number of ether oxygens (including phenoxy) is 1. The van der Waals surface area contributed by atoms with Crippen LogP contribution < -0.4 is 10.4 Å². The lowest BCUT2D eigenvalue weighted by Crippen LogP contribution is -2.21. The highest BCUT2D eigenvalue weighted by atomic mass is 19.4. The van der Waals surface area contributed by atoms with Crippen molar-refractivity contribution in [3.8, 4) is 28.6 Å². The zero-order valence-corrected chi connectivity index (χ0v) is 20.7. The van der Waals surface area contributed by atoms with Gasteiger partial charge in [0.25, 0.3) is 0 Å². The maximum Gasteiger partial charge on any atom is 0.422 e. The highest BCUT2D eigenvalue weighted by Crippen LogP contribution is 2.31. The number of aryl methyl sites for hydroxylation is 1. The molecule has 192 valence electrons. The van der Waals surface area contributed by atoms with Crippen LogP contribution in [0.5, 0.6) is 5.75 Å². The van der Waals surface area contributed by atoms with Crippen molar-refractivity contribution in [1.82, 2.24) is 19.1 Å². The van der Waals surface area contributed by atoms with E-state index in [1.165, 1.54) is 23.0 Å². The van der Waals surface area contributed by atoms with Crippen molar-refractivity contribution >= 4 is 21.9 Å². The Morgan fingerprint density at radius 2 is 1.74 bits per heavy atom. The number of halogens is 3. The van der Waals surface area contributed by atoms with Gasteiger partial charge in [0.15, 0.2) is 6.61 Å². The van der Waals surface area contributed by atoms with Gasteiger partial charge in [-0.15, -0.1) is 0 Å². The first-order chi connectivity index (χ1) is 18.0. The predicted octanol–water partition coefficient (Wildman–Crippen LogP) is 5.68. The molecule has 2 aromatic carbocycles. The van der Waals surface area contributed by atoms with E-state index >= 15 is 0 Å². The number of rotatable bonds is 5. The van der Waals surface area contributed by atoms with E-state index in [4.69, 9.17) is 4.74 Å². The van der Waals surface area contributed by atoms with Crippen LogP contribution in [0.2, 0.25) is 0 Å². The van der Waals surface area contributed by atoms with Crippen LogP contribution in [0.1, 0.15) is 19.4 Å². The molecule has 0 aliphatic heterocycles. The number of aromatic nitrogens is 4. The Labute approximate surface area is 215 Å². The summed E-state index contributed by atoms with van der Waals surface area (Å²) in [5.74, 6) is -0.00624. The fourth-order valence-electron chi connectivity index (χ4n) is 4.33. The molecule has 0 saturated heterocycles. The number of hydrogen-bond donors (Lipinski definition) is 0. The fourth-order valence-corrected chi connectivity index (χ4v) is 4.33. The molecule has 0 saturated carbocycles. The Kier molecular flexibility index (Phi) is 5.94. The first-order valence-corrected chi connectivity index (χ1v) is 11.7. The van der Waals surface area contributed by atoms with E-state index in [9.17, 15) is 23.2 Å². The smallest absolute Gasteiger partial charge is 0.422 e. The van der Waals surface area contributed by atoms with Gasteiger partial charge in [0.2, 0.25) is 0 Å². The molecule has 0 spiro atoms. The Morgan fingerprint density at radius 3 is 2.42 bits per heavy atom. The van der Waals surface area contributed by atoms with Crippen LogP contribution in [-0.2, 0) is 12.5 Å². The Balaban J connectivity index is 1.66. The van der Waals surface area contributed by atoms with E-state index < -0.39 is 18.2 Å². The maximum absolute atomic E-state index is 13.4. The summed E-state index contributed by atoms with van der Waals surface area (Å²) in [5.41, 5.74) is 3.61. The van der Waals surface area contributed by atoms with Crippen molar-refractivity contribution in [2.75, 3.05) is 6.61 Å². The van der Waals surface area contributed by atoms with Gasteiger partial charge in [0.1, 0.15) is 5.75 Å². The molecule has 0 amide bonds. The quantitative estimate of drug-likeness (QED) is 0.299. The molecule has 0 unspecified atom stereocenters. The second kappa shape index (κ2) is 9.03. The minimum Gasteiger partial charge on any atom is -0.482 e. The van der Waals surface area contributed by atoms with E-state index in [0.717, 1.165) is 5.56 Å². The highest BCUT2D eigenvalue weighted by Gasteiger charge is 2.28. The summed E-state index contributed by atoms with van der Waals surface area (Å²) in [7, 11) is 1.66. The maximum atomic E-state index is 13.4. The number of hydrogen-bond acceptors (Lipinski definition) is 5. The average Bonchev–Trinajstić information content (AvgIpc) is 3.17. The van der Waals surface area contributed by atoms with Crippen LogP contribution in [0.4, 0.5) is 13.2 Å². The van der Waals surface area contributed by atoms with Crippen LogP contribution in [0.15, 0.2) is 71.9 Å². The molecule has 10 heteroatoms. The van der Waals surface area contributed by atoms with Gasteiger partial charge in [0, 0.05) is 24.2 Å². The molecule has 3 heterocycles. The number of fused-ring (bicyclic) bond motifs is 3. The van der Waals surface area contributed by atoms with Crippen LogP contribution in [0.25, 0.3) is 38.8 Å². The van der Waals surface area contributed by atoms with Crippen molar-refractivity contribution in [2.24, 2.45) is 7.05 Å². The molecule has 0 bridgehead atoms. The third kappa shape index (κ3) is 4.47. The van der Waals surface area contributed by atoms with Gasteiger partial charge >= 0.3 is 11.9 Å².